The molecule has 0 aromatic rings. The van der Waals surface area contributed by atoms with Gasteiger partial charge in [0.2, 0.25) is 0 Å². The molecule has 6 heteroatoms. The Hall–Kier alpha value is -0.980. The molecule has 0 aliphatic heterocycles. The molecule has 0 aliphatic rings. The van der Waals surface area contributed by atoms with Crippen molar-refractivity contribution in [3.05, 3.63) is 0 Å². The van der Waals surface area contributed by atoms with Crippen molar-refractivity contribution in [3.8, 4) is 0 Å². The van der Waals surface area contributed by atoms with E-state index in [0.29, 0.717) is 0 Å². The van der Waals surface area contributed by atoms with E-state index in [1.807, 2.05) is 0 Å². The molecule has 0 aliphatic carbocycles. The molecule has 0 heterocycles. The van der Waals surface area contributed by atoms with Crippen LogP contribution in [0.3, 0.4) is 0 Å². The molecule has 0 unspecified atom stereocenters. The second kappa shape index (κ2) is 4.02. The monoisotopic (exact) mass is 164 g/mol. The Bertz CT molecular complexity index is 164. The van der Waals surface area contributed by atoms with Gasteiger partial charge in [0.15, 0.2) is 18.0 Å². The van der Waals surface area contributed by atoms with Gasteiger partial charge in [-0.2, -0.15) is 0 Å². The summed E-state index contributed by atoms with van der Waals surface area (Å²) in [4.78, 5) is 20.3. The van der Waals surface area contributed by atoms with E-state index in [1.54, 1.807) is 0 Å². The van der Waals surface area contributed by atoms with Gasteiger partial charge in [-0.05, 0) is 0 Å². The van der Waals surface area contributed by atoms with Gasteiger partial charge in [0.1, 0.15) is 6.61 Å². The van der Waals surface area contributed by atoms with Crippen LogP contribution in [0.25, 0.3) is 0 Å². The lowest BCUT2D eigenvalue weighted by atomic mass is 10.1. The van der Waals surface area contributed by atoms with Crippen molar-refractivity contribution in [2.24, 2.45) is 0 Å². The van der Waals surface area contributed by atoms with Crippen LogP contribution in [0.2, 0.25) is 0 Å². The number of carboxylic acid groups (broad SMARTS) is 1. The number of carboxylic acids is 1. The van der Waals surface area contributed by atoms with Gasteiger partial charge >= 0.3 is 5.97 Å². The fourth-order valence-electron chi connectivity index (χ4n) is 0.405. The topological polar surface area (TPSA) is 115 Å². The summed E-state index contributed by atoms with van der Waals surface area (Å²) in [7, 11) is 0. The van der Waals surface area contributed by atoms with Crippen molar-refractivity contribution in [2.75, 3.05) is 6.61 Å². The average Bonchev–Trinajstić information content (AvgIpc) is 2.00. The summed E-state index contributed by atoms with van der Waals surface area (Å²) in [5.74, 6) is -2.83. The van der Waals surface area contributed by atoms with Crippen LogP contribution in [0.5, 0.6) is 0 Å². The Kier molecular flexibility index (Phi) is 3.66. The van der Waals surface area contributed by atoms with E-state index in [2.05, 4.69) is 0 Å². The van der Waals surface area contributed by atoms with Crippen LogP contribution in [0.15, 0.2) is 0 Å². The average molecular weight is 164 g/mol. The highest BCUT2D eigenvalue weighted by Crippen LogP contribution is 1.94. The smallest absolute Gasteiger partial charge is 0.335 e. The molecule has 2 atom stereocenters. The molecule has 0 saturated carbocycles. The minimum absolute atomic E-state index is 0.995. The number of hydrogen-bond donors (Lipinski definition) is 4. The quantitative estimate of drug-likeness (QED) is 0.361. The van der Waals surface area contributed by atoms with E-state index in [0.717, 1.165) is 0 Å². The van der Waals surface area contributed by atoms with Gasteiger partial charge < -0.3 is 20.4 Å². The van der Waals surface area contributed by atoms with Gasteiger partial charge in [-0.15, -0.1) is 0 Å². The van der Waals surface area contributed by atoms with Gasteiger partial charge in [-0.1, -0.05) is 0 Å². The molecule has 0 saturated heterocycles. The molecule has 6 nitrogen and oxygen atoms in total. The largest absolute Gasteiger partial charge is 0.479 e. The molecule has 0 spiro atoms. The van der Waals surface area contributed by atoms with Crippen molar-refractivity contribution in [2.45, 2.75) is 12.2 Å². The highest BCUT2D eigenvalue weighted by Gasteiger charge is 2.28. The summed E-state index contributed by atoms with van der Waals surface area (Å²) in [6.07, 6.45) is -4.23. The highest BCUT2D eigenvalue weighted by molar-refractivity contribution is 5.89. The maximum Gasteiger partial charge on any atom is 0.335 e. The molecule has 64 valence electrons. The Morgan fingerprint density at radius 3 is 1.91 bits per heavy atom. The summed E-state index contributed by atoms with van der Waals surface area (Å²) in [6.45, 7) is -0.995. The third-order valence-electron chi connectivity index (χ3n) is 1.04. The van der Waals surface area contributed by atoms with Gasteiger partial charge in [-0.3, -0.25) is 4.79 Å². The second-order valence-electron chi connectivity index (χ2n) is 1.85. The number of hydrogen-bond acceptors (Lipinski definition) is 5. The molecule has 11 heavy (non-hydrogen) atoms. The predicted octanol–water partition coefficient (Wildman–Crippen LogP) is -2.65. The first-order valence-corrected chi connectivity index (χ1v) is 2.73. The SMILES string of the molecule is O=C(O)[C@@H](O)[C@@H](O)C(=O)CO. The molecular weight excluding hydrogens is 156 g/mol. The number of rotatable bonds is 4. The zero-order chi connectivity index (χ0) is 9.02. The van der Waals surface area contributed by atoms with E-state index in [-0.39, 0.29) is 0 Å². The van der Waals surface area contributed by atoms with E-state index in [1.165, 1.54) is 0 Å². The van der Waals surface area contributed by atoms with Crippen LogP contribution >= 0.6 is 0 Å². The minimum Gasteiger partial charge on any atom is -0.479 e. The zero-order valence-corrected chi connectivity index (χ0v) is 5.47. The van der Waals surface area contributed by atoms with Gasteiger partial charge in [0.25, 0.3) is 0 Å². The molecule has 4 N–H and O–H groups in total. The van der Waals surface area contributed by atoms with Crippen LogP contribution < -0.4 is 0 Å². The lowest BCUT2D eigenvalue weighted by molar-refractivity contribution is -0.158. The van der Waals surface area contributed by atoms with Crippen LogP contribution in [0, 0.1) is 0 Å². The summed E-state index contributed by atoms with van der Waals surface area (Å²) >= 11 is 0. The predicted molar refractivity (Wildman–Crippen MR) is 31.7 cm³/mol. The number of carbonyl (C=O) groups excluding carboxylic acids is 1. The number of carbonyl (C=O) groups is 2. The standard InChI is InChI=1S/C5H8O6/c6-1-2(7)3(8)4(9)5(10)11/h3-4,6,8-9H,1H2,(H,10,11)/t3-,4-/m0/s1. The third-order valence-corrected chi connectivity index (χ3v) is 1.04. The first-order valence-electron chi connectivity index (χ1n) is 2.73. The van der Waals surface area contributed by atoms with Crippen LogP contribution in [0.4, 0.5) is 0 Å². The van der Waals surface area contributed by atoms with Gasteiger partial charge in [0, 0.05) is 0 Å². The van der Waals surface area contributed by atoms with Crippen LogP contribution in [-0.4, -0.2) is 51.0 Å². The van der Waals surface area contributed by atoms with E-state index in [9.17, 15) is 9.59 Å². The Morgan fingerprint density at radius 2 is 1.64 bits per heavy atom. The van der Waals surface area contributed by atoms with E-state index in [4.69, 9.17) is 20.4 Å². The summed E-state index contributed by atoms with van der Waals surface area (Å²) < 4.78 is 0. The molecular formula is C5H8O6. The van der Waals surface area contributed by atoms with Crippen molar-refractivity contribution in [1.82, 2.24) is 0 Å². The highest BCUT2D eigenvalue weighted by atomic mass is 16.4. The second-order valence-corrected chi connectivity index (χ2v) is 1.85. The lowest BCUT2D eigenvalue weighted by Crippen LogP contribution is -2.40. The number of ketones is 1. The normalized spacial score (nSPS) is 15.5. The first kappa shape index (κ1) is 10.0. The molecule has 0 fully saturated rings. The molecule has 0 radical (unpaired) electrons. The van der Waals surface area contributed by atoms with Gasteiger partial charge in [0.05, 0.1) is 0 Å². The lowest BCUT2D eigenvalue weighted by Gasteiger charge is -2.10. The Labute approximate surface area is 61.7 Å². The van der Waals surface area contributed by atoms with Crippen molar-refractivity contribution < 1.29 is 30.0 Å². The minimum atomic E-state index is -2.17. The Balaban J connectivity index is 4.12. The summed E-state index contributed by atoms with van der Waals surface area (Å²) in [5.41, 5.74) is 0. The van der Waals surface area contributed by atoms with E-state index >= 15 is 0 Å². The molecule has 0 amide bonds. The fourth-order valence-corrected chi connectivity index (χ4v) is 0.405. The summed E-state index contributed by atoms with van der Waals surface area (Å²) in [5, 5.41) is 33.3. The molecule has 0 aromatic carbocycles. The number of aliphatic hydroxyl groups is 3. The van der Waals surface area contributed by atoms with E-state index < -0.39 is 30.6 Å². The third kappa shape index (κ3) is 2.62. The molecule has 0 aromatic heterocycles. The maximum absolute atomic E-state index is 10.3. The molecule has 0 bridgehead atoms. The van der Waals surface area contributed by atoms with Crippen molar-refractivity contribution >= 4 is 11.8 Å². The van der Waals surface area contributed by atoms with Crippen LogP contribution in [0.1, 0.15) is 0 Å². The van der Waals surface area contributed by atoms with Crippen LogP contribution in [-0.2, 0) is 9.59 Å². The first-order chi connectivity index (χ1) is 5.00. The fraction of sp³-hybridized carbons (Fsp3) is 0.600. The number of aliphatic carboxylic acids is 1. The number of Topliss-reactive ketones (excluding diaryl/α,β-unsaturated/α-hetero) is 1. The molecule has 0 rings (SSSR count). The Morgan fingerprint density at radius 1 is 1.18 bits per heavy atom. The van der Waals surface area contributed by atoms with Crippen molar-refractivity contribution in [3.63, 3.8) is 0 Å². The van der Waals surface area contributed by atoms with Gasteiger partial charge in [-0.25, -0.2) is 4.79 Å². The number of aliphatic hydroxyl groups excluding tert-OH is 3. The maximum atomic E-state index is 10.3. The summed E-state index contributed by atoms with van der Waals surface area (Å²) in [6, 6.07) is 0. The zero-order valence-electron chi connectivity index (χ0n) is 5.47. The van der Waals surface area contributed by atoms with Crippen molar-refractivity contribution in [1.29, 1.82) is 0 Å².